The van der Waals surface area contributed by atoms with Gasteiger partial charge in [0.1, 0.15) is 11.5 Å². The van der Waals surface area contributed by atoms with Gasteiger partial charge in [0.15, 0.2) is 5.82 Å². The maximum atomic E-state index is 9.75. The van der Waals surface area contributed by atoms with E-state index < -0.39 is 23.1 Å². The van der Waals surface area contributed by atoms with Gasteiger partial charge in [0.25, 0.3) is 0 Å². The Morgan fingerprint density at radius 1 is 0.567 bits per heavy atom. The first-order valence-corrected chi connectivity index (χ1v) is 24.4. The Balaban J connectivity index is 0.000000221. The Kier molecular flexibility index (Phi) is 16.4. The van der Waals surface area contributed by atoms with Crippen LogP contribution in [0.4, 0.5) is 17.3 Å². The average molecular weight is 1030 g/mol. The van der Waals surface area contributed by atoms with E-state index in [1.165, 1.54) is 43.0 Å². The van der Waals surface area contributed by atoms with Crippen LogP contribution in [-0.4, -0.2) is 32.2 Å². The summed E-state index contributed by atoms with van der Waals surface area (Å²) in [6, 6.07) is 65.0. The third-order valence-corrected chi connectivity index (χ3v) is 16.0. The number of aromatic nitrogens is 5. The molecule has 14 heteroatoms. The zero-order valence-electron chi connectivity index (χ0n) is 37.0. The molecule has 0 bridgehead atoms. The SMILES string of the molecule is CC1(C)c2cccc(P(c3ccccc3)c3ccccc3)c2Oc2c(P(c3ccccc3)c3ccccc3)cccc21.CCCCc1cn(-c2cnc3ccccc3n2)nn1.F[B-](F)(F)F.[Ag+]. The van der Waals surface area contributed by atoms with E-state index in [9.17, 15) is 17.3 Å². The molecule has 342 valence electrons. The first kappa shape index (κ1) is 49.1. The van der Waals surface area contributed by atoms with Crippen LogP contribution >= 0.6 is 15.8 Å². The van der Waals surface area contributed by atoms with E-state index in [-0.39, 0.29) is 27.8 Å². The molecule has 0 aliphatic carbocycles. The summed E-state index contributed by atoms with van der Waals surface area (Å²) in [4.78, 5) is 8.91. The molecule has 6 nitrogen and oxygen atoms in total. The second-order valence-corrected chi connectivity index (χ2v) is 20.4. The van der Waals surface area contributed by atoms with Crippen LogP contribution in [0.15, 0.2) is 194 Å². The molecule has 0 amide bonds. The fourth-order valence-electron chi connectivity index (χ4n) is 7.95. The second-order valence-electron chi connectivity index (χ2n) is 16.0. The Labute approximate surface area is 407 Å². The molecular formula is C53H47AgBF4N5OP2. The summed E-state index contributed by atoms with van der Waals surface area (Å²) >= 11 is 0. The summed E-state index contributed by atoms with van der Waals surface area (Å²) in [5, 5.41) is 16.1. The number of aryl methyl sites for hydroxylation is 1. The zero-order chi connectivity index (χ0) is 46.1. The van der Waals surface area contributed by atoms with Gasteiger partial charge in [0.2, 0.25) is 0 Å². The van der Waals surface area contributed by atoms with Crippen molar-refractivity contribution in [3.8, 4) is 17.3 Å². The number of unbranched alkanes of at least 4 members (excludes halogenated alkanes) is 1. The fourth-order valence-corrected chi connectivity index (χ4v) is 12.7. The van der Waals surface area contributed by atoms with Crippen LogP contribution < -0.4 is 36.6 Å². The van der Waals surface area contributed by atoms with Gasteiger partial charge in [-0.2, -0.15) is 0 Å². The van der Waals surface area contributed by atoms with Gasteiger partial charge in [-0.25, -0.2) is 9.67 Å². The number of fused-ring (bicyclic) bond motifs is 3. The number of benzene rings is 7. The van der Waals surface area contributed by atoms with Crippen LogP contribution in [0, 0.1) is 0 Å². The van der Waals surface area contributed by atoms with Crippen molar-refractivity contribution in [1.29, 1.82) is 0 Å². The molecule has 2 aromatic heterocycles. The minimum Gasteiger partial charge on any atom is -0.455 e. The van der Waals surface area contributed by atoms with Crippen LogP contribution in [-0.2, 0) is 34.2 Å². The number of ether oxygens (including phenoxy) is 1. The Morgan fingerprint density at radius 2 is 0.985 bits per heavy atom. The molecule has 9 aromatic rings. The molecule has 0 unspecified atom stereocenters. The van der Waals surface area contributed by atoms with Gasteiger partial charge in [-0.15, -0.1) is 5.10 Å². The summed E-state index contributed by atoms with van der Waals surface area (Å²) in [5.41, 5.74) is 5.01. The third-order valence-electron chi connectivity index (χ3n) is 11.1. The summed E-state index contributed by atoms with van der Waals surface area (Å²) in [7, 11) is -7.65. The van der Waals surface area contributed by atoms with Crippen molar-refractivity contribution in [3.05, 3.63) is 211 Å². The number of nitrogens with zero attached hydrogens (tertiary/aromatic N) is 5. The van der Waals surface area contributed by atoms with Crippen molar-refractivity contribution >= 4 is 66.0 Å². The van der Waals surface area contributed by atoms with Gasteiger partial charge >= 0.3 is 29.6 Å². The van der Waals surface area contributed by atoms with E-state index >= 15 is 0 Å². The summed E-state index contributed by atoms with van der Waals surface area (Å²) in [6.07, 6.45) is 6.89. The van der Waals surface area contributed by atoms with Gasteiger partial charge in [-0.1, -0.05) is 202 Å². The summed E-state index contributed by atoms with van der Waals surface area (Å²) in [5.74, 6) is 2.73. The predicted molar refractivity (Wildman–Crippen MR) is 266 cm³/mol. The van der Waals surface area contributed by atoms with Crippen LogP contribution in [0.1, 0.15) is 50.4 Å². The maximum Gasteiger partial charge on any atom is 1.00 e. The van der Waals surface area contributed by atoms with Crippen molar-refractivity contribution in [2.45, 2.75) is 45.4 Å². The molecule has 0 saturated heterocycles. The van der Waals surface area contributed by atoms with Crippen molar-refractivity contribution in [3.63, 3.8) is 0 Å². The molecule has 1 aliphatic rings. The standard InChI is InChI=1S/C39H32OP2.C14H15N5.Ag.BF4/c1-39(2)33-25-15-27-35(41(29-17-7-3-8-18-29)30-19-9-4-10-20-30)37(33)40-38-34(39)26-16-28-36(38)42(31-21-11-5-12-22-31)32-23-13-6-14-24-32;1-2-3-6-11-10-19(18-17-11)14-9-15-12-7-4-5-8-13(12)16-14;;2-1(3,4)5/h3-28H,1-2H3;4-5,7-10H,2-3,6H2,1H3;;/q;;+1;-1. The van der Waals surface area contributed by atoms with Crippen molar-refractivity contribution in [2.75, 3.05) is 0 Å². The third kappa shape index (κ3) is 11.8. The molecule has 0 radical (unpaired) electrons. The minimum atomic E-state index is -6.00. The number of hydrogen-bond donors (Lipinski definition) is 0. The molecular weight excluding hydrogens is 979 g/mol. The zero-order valence-corrected chi connectivity index (χ0v) is 40.3. The number of halogens is 4. The quantitative estimate of drug-likeness (QED) is 0.0776. The smallest absolute Gasteiger partial charge is 0.455 e. The van der Waals surface area contributed by atoms with E-state index in [0.717, 1.165) is 47.5 Å². The first-order chi connectivity index (χ1) is 32.0. The van der Waals surface area contributed by atoms with E-state index in [1.807, 2.05) is 30.5 Å². The van der Waals surface area contributed by atoms with Gasteiger partial charge in [0, 0.05) is 27.2 Å². The summed E-state index contributed by atoms with van der Waals surface area (Å²) in [6.45, 7) is 6.86. The van der Waals surface area contributed by atoms with E-state index in [2.05, 4.69) is 199 Å². The molecule has 7 aromatic carbocycles. The Hall–Kier alpha value is -5.79. The largest absolute Gasteiger partial charge is 1.00 e. The van der Waals surface area contributed by atoms with Gasteiger partial charge in [-0.05, 0) is 62.0 Å². The number of rotatable bonds is 10. The van der Waals surface area contributed by atoms with Gasteiger partial charge < -0.3 is 22.0 Å². The second kappa shape index (κ2) is 22.3. The monoisotopic (exact) mass is 1030 g/mol. The predicted octanol–water partition coefficient (Wildman–Crippen LogP) is 11.5. The van der Waals surface area contributed by atoms with Crippen LogP contribution in [0.25, 0.3) is 16.9 Å². The molecule has 3 heterocycles. The Bertz CT molecular complexity index is 2790. The van der Waals surface area contributed by atoms with E-state index in [1.54, 1.807) is 10.9 Å². The molecule has 0 N–H and O–H groups in total. The summed E-state index contributed by atoms with van der Waals surface area (Å²) < 4.78 is 47.9. The van der Waals surface area contributed by atoms with E-state index in [4.69, 9.17) is 4.74 Å². The molecule has 0 saturated carbocycles. The molecule has 0 atom stereocenters. The van der Waals surface area contributed by atoms with Crippen LogP contribution in [0.5, 0.6) is 11.5 Å². The van der Waals surface area contributed by atoms with E-state index in [0.29, 0.717) is 5.82 Å². The van der Waals surface area contributed by atoms with Crippen molar-refractivity contribution in [1.82, 2.24) is 25.0 Å². The molecule has 0 spiro atoms. The minimum absolute atomic E-state index is 0. The maximum absolute atomic E-state index is 9.75. The van der Waals surface area contributed by atoms with Crippen LogP contribution in [0.3, 0.4) is 0 Å². The average Bonchev–Trinajstić information content (AvgIpc) is 3.82. The molecule has 0 fully saturated rings. The number of para-hydroxylation sites is 4. The normalized spacial score (nSPS) is 12.4. The van der Waals surface area contributed by atoms with Crippen LogP contribution in [0.2, 0.25) is 0 Å². The molecule has 1 aliphatic heterocycles. The molecule has 67 heavy (non-hydrogen) atoms. The number of hydrogen-bond acceptors (Lipinski definition) is 5. The topological polar surface area (TPSA) is 65.7 Å². The van der Waals surface area contributed by atoms with Crippen molar-refractivity contribution in [2.24, 2.45) is 0 Å². The first-order valence-electron chi connectivity index (χ1n) is 21.8. The van der Waals surface area contributed by atoms with Gasteiger partial charge in [0.05, 0.1) is 29.1 Å². The molecule has 10 rings (SSSR count). The fraction of sp³-hybridized carbons (Fsp3) is 0.132. The van der Waals surface area contributed by atoms with Gasteiger partial charge in [-0.3, -0.25) is 4.98 Å². The Morgan fingerprint density at radius 3 is 1.42 bits per heavy atom. The van der Waals surface area contributed by atoms with Crippen molar-refractivity contribution < 1.29 is 44.4 Å².